The number of aromatic nitrogens is 1. The SMILES string of the molecule is CC(C)CNCc1nc(CN(C)Cc2ccsc2)cs1. The van der Waals surface area contributed by atoms with Gasteiger partial charge in [-0.1, -0.05) is 13.8 Å². The van der Waals surface area contributed by atoms with Crippen LogP contribution in [0.25, 0.3) is 0 Å². The summed E-state index contributed by atoms with van der Waals surface area (Å²) in [5, 5.41) is 11.1. The second kappa shape index (κ2) is 7.88. The first kappa shape index (κ1) is 15.6. The van der Waals surface area contributed by atoms with Crippen LogP contribution < -0.4 is 5.32 Å². The topological polar surface area (TPSA) is 28.2 Å². The normalized spacial score (nSPS) is 11.7. The summed E-state index contributed by atoms with van der Waals surface area (Å²) in [5.41, 5.74) is 2.56. The van der Waals surface area contributed by atoms with Gasteiger partial charge in [0.05, 0.1) is 5.69 Å². The van der Waals surface area contributed by atoms with Crippen molar-refractivity contribution >= 4 is 22.7 Å². The molecule has 0 atom stereocenters. The highest BCUT2D eigenvalue weighted by Crippen LogP contribution is 2.14. The van der Waals surface area contributed by atoms with Gasteiger partial charge in [0.25, 0.3) is 0 Å². The average molecular weight is 310 g/mol. The molecular weight excluding hydrogens is 286 g/mol. The first-order chi connectivity index (χ1) is 9.63. The third-order valence-corrected chi connectivity index (χ3v) is 4.52. The number of thiazole rings is 1. The molecule has 0 saturated carbocycles. The second-order valence-electron chi connectivity index (χ2n) is 5.56. The second-order valence-corrected chi connectivity index (χ2v) is 7.28. The Labute approximate surface area is 129 Å². The van der Waals surface area contributed by atoms with Gasteiger partial charge in [-0.2, -0.15) is 11.3 Å². The van der Waals surface area contributed by atoms with Crippen LogP contribution in [0.15, 0.2) is 22.2 Å². The zero-order chi connectivity index (χ0) is 14.4. The molecule has 0 amide bonds. The van der Waals surface area contributed by atoms with Gasteiger partial charge in [-0.3, -0.25) is 4.90 Å². The van der Waals surface area contributed by atoms with Crippen molar-refractivity contribution in [1.29, 1.82) is 0 Å². The van der Waals surface area contributed by atoms with Crippen molar-refractivity contribution < 1.29 is 0 Å². The van der Waals surface area contributed by atoms with Gasteiger partial charge in [0.2, 0.25) is 0 Å². The molecule has 0 aliphatic carbocycles. The number of thiophene rings is 1. The van der Waals surface area contributed by atoms with E-state index in [1.165, 1.54) is 16.3 Å². The lowest BCUT2D eigenvalue weighted by atomic mass is 10.2. The summed E-state index contributed by atoms with van der Waals surface area (Å²) in [6.45, 7) is 8.28. The molecule has 0 aromatic carbocycles. The van der Waals surface area contributed by atoms with E-state index in [2.05, 4.69) is 53.3 Å². The molecule has 2 rings (SSSR count). The molecule has 0 aliphatic heterocycles. The maximum atomic E-state index is 4.69. The monoisotopic (exact) mass is 309 g/mol. The Morgan fingerprint density at radius 1 is 1.30 bits per heavy atom. The predicted octanol–water partition coefficient (Wildman–Crippen LogP) is 3.58. The fourth-order valence-electron chi connectivity index (χ4n) is 2.00. The molecule has 0 saturated heterocycles. The minimum absolute atomic E-state index is 0.686. The lowest BCUT2D eigenvalue weighted by Gasteiger charge is -2.13. The largest absolute Gasteiger partial charge is 0.310 e. The van der Waals surface area contributed by atoms with Crippen LogP contribution in [0.2, 0.25) is 0 Å². The van der Waals surface area contributed by atoms with Gasteiger partial charge >= 0.3 is 0 Å². The fourth-order valence-corrected chi connectivity index (χ4v) is 3.41. The van der Waals surface area contributed by atoms with E-state index in [0.29, 0.717) is 5.92 Å². The molecular formula is C15H23N3S2. The smallest absolute Gasteiger partial charge is 0.107 e. The van der Waals surface area contributed by atoms with Crippen molar-refractivity contribution in [3.8, 4) is 0 Å². The van der Waals surface area contributed by atoms with Gasteiger partial charge in [0.15, 0.2) is 0 Å². The highest BCUT2D eigenvalue weighted by molar-refractivity contribution is 7.09. The fraction of sp³-hybridized carbons (Fsp3) is 0.533. The molecule has 0 unspecified atom stereocenters. The molecule has 20 heavy (non-hydrogen) atoms. The van der Waals surface area contributed by atoms with Crippen LogP contribution in [0.3, 0.4) is 0 Å². The van der Waals surface area contributed by atoms with Gasteiger partial charge in [-0.15, -0.1) is 11.3 Å². The molecule has 5 heteroatoms. The molecule has 2 aromatic heterocycles. The quantitative estimate of drug-likeness (QED) is 0.808. The Morgan fingerprint density at radius 3 is 2.85 bits per heavy atom. The van der Waals surface area contributed by atoms with E-state index in [4.69, 9.17) is 4.98 Å². The van der Waals surface area contributed by atoms with E-state index in [0.717, 1.165) is 26.2 Å². The first-order valence-corrected chi connectivity index (χ1v) is 8.79. The Morgan fingerprint density at radius 2 is 2.15 bits per heavy atom. The molecule has 2 aromatic rings. The standard InChI is InChI=1S/C15H23N3S2/c1-12(2)6-16-7-15-17-14(11-20-15)9-18(3)8-13-4-5-19-10-13/h4-5,10-12,16H,6-9H2,1-3H3. The van der Waals surface area contributed by atoms with Crippen LogP contribution in [0.1, 0.15) is 30.1 Å². The number of hydrogen-bond acceptors (Lipinski definition) is 5. The van der Waals surface area contributed by atoms with Crippen LogP contribution in [-0.2, 0) is 19.6 Å². The number of nitrogens with one attached hydrogen (secondary N) is 1. The molecule has 0 aliphatic rings. The van der Waals surface area contributed by atoms with Crippen LogP contribution >= 0.6 is 22.7 Å². The van der Waals surface area contributed by atoms with E-state index in [1.54, 1.807) is 22.7 Å². The number of nitrogens with zero attached hydrogens (tertiary/aromatic N) is 2. The summed E-state index contributed by atoms with van der Waals surface area (Å²) in [7, 11) is 2.15. The van der Waals surface area contributed by atoms with Gasteiger partial charge in [-0.05, 0) is 41.9 Å². The molecule has 0 bridgehead atoms. The van der Waals surface area contributed by atoms with Crippen molar-refractivity contribution in [3.05, 3.63) is 38.5 Å². The zero-order valence-electron chi connectivity index (χ0n) is 12.4. The molecule has 110 valence electrons. The molecule has 1 N–H and O–H groups in total. The van der Waals surface area contributed by atoms with Crippen molar-refractivity contribution in [2.24, 2.45) is 5.92 Å². The molecule has 3 nitrogen and oxygen atoms in total. The molecule has 0 spiro atoms. The van der Waals surface area contributed by atoms with E-state index < -0.39 is 0 Å². The zero-order valence-corrected chi connectivity index (χ0v) is 14.1. The summed E-state index contributed by atoms with van der Waals surface area (Å²) in [6, 6.07) is 2.18. The van der Waals surface area contributed by atoms with Crippen LogP contribution in [0.5, 0.6) is 0 Å². The van der Waals surface area contributed by atoms with E-state index in [1.807, 2.05) is 0 Å². The van der Waals surface area contributed by atoms with E-state index in [-0.39, 0.29) is 0 Å². The summed E-state index contributed by atoms with van der Waals surface area (Å²) < 4.78 is 0. The molecule has 0 fully saturated rings. The number of rotatable bonds is 8. The summed E-state index contributed by atoms with van der Waals surface area (Å²) in [5.74, 6) is 0.686. The first-order valence-electron chi connectivity index (χ1n) is 6.97. The van der Waals surface area contributed by atoms with Gasteiger partial charge < -0.3 is 5.32 Å². The van der Waals surface area contributed by atoms with Crippen molar-refractivity contribution in [3.63, 3.8) is 0 Å². The van der Waals surface area contributed by atoms with Crippen molar-refractivity contribution in [2.75, 3.05) is 13.6 Å². The lowest BCUT2D eigenvalue weighted by Crippen LogP contribution is -2.19. The third-order valence-electron chi connectivity index (χ3n) is 2.89. The minimum atomic E-state index is 0.686. The third kappa shape index (κ3) is 5.32. The maximum absolute atomic E-state index is 4.69. The Balaban J connectivity index is 1.77. The van der Waals surface area contributed by atoms with Gasteiger partial charge in [0.1, 0.15) is 5.01 Å². The van der Waals surface area contributed by atoms with E-state index >= 15 is 0 Å². The molecule has 0 radical (unpaired) electrons. The van der Waals surface area contributed by atoms with E-state index in [9.17, 15) is 0 Å². The minimum Gasteiger partial charge on any atom is -0.310 e. The van der Waals surface area contributed by atoms with Crippen LogP contribution in [-0.4, -0.2) is 23.5 Å². The van der Waals surface area contributed by atoms with Crippen LogP contribution in [0, 0.1) is 5.92 Å². The summed E-state index contributed by atoms with van der Waals surface area (Å²) in [6.07, 6.45) is 0. The van der Waals surface area contributed by atoms with Crippen molar-refractivity contribution in [2.45, 2.75) is 33.5 Å². The van der Waals surface area contributed by atoms with Gasteiger partial charge in [-0.25, -0.2) is 4.98 Å². The number of hydrogen-bond donors (Lipinski definition) is 1. The highest BCUT2D eigenvalue weighted by Gasteiger charge is 2.06. The van der Waals surface area contributed by atoms with Crippen LogP contribution in [0.4, 0.5) is 0 Å². The lowest BCUT2D eigenvalue weighted by molar-refractivity contribution is 0.316. The highest BCUT2D eigenvalue weighted by atomic mass is 32.1. The Kier molecular flexibility index (Phi) is 6.16. The summed E-state index contributed by atoms with van der Waals surface area (Å²) in [4.78, 5) is 7.00. The maximum Gasteiger partial charge on any atom is 0.107 e. The summed E-state index contributed by atoms with van der Waals surface area (Å²) >= 11 is 3.51. The van der Waals surface area contributed by atoms with Gasteiger partial charge in [0, 0.05) is 25.0 Å². The Bertz CT molecular complexity index is 491. The Hall–Kier alpha value is -0.750. The molecule has 2 heterocycles. The average Bonchev–Trinajstić information content (AvgIpc) is 3.01. The van der Waals surface area contributed by atoms with Crippen molar-refractivity contribution in [1.82, 2.24) is 15.2 Å². The predicted molar refractivity (Wildman–Crippen MR) is 88.1 cm³/mol.